The van der Waals surface area contributed by atoms with Gasteiger partial charge in [-0.3, -0.25) is 8.99 Å². The van der Waals surface area contributed by atoms with Crippen molar-refractivity contribution in [2.24, 2.45) is 5.92 Å². The summed E-state index contributed by atoms with van der Waals surface area (Å²) in [6.45, 7) is 5.65. The number of nitrogens with one attached hydrogen (secondary N) is 1. The van der Waals surface area contributed by atoms with Crippen LogP contribution in [0.1, 0.15) is 46.5 Å². The second-order valence-corrected chi connectivity index (χ2v) is 6.70. The smallest absolute Gasteiger partial charge is 0.224 e. The van der Waals surface area contributed by atoms with Gasteiger partial charge in [-0.2, -0.15) is 0 Å². The summed E-state index contributed by atoms with van der Waals surface area (Å²) < 4.78 is 17.7. The molecule has 0 aliphatic heterocycles. The molecule has 0 spiro atoms. The third-order valence-corrected chi connectivity index (χ3v) is 4.85. The van der Waals surface area contributed by atoms with Crippen LogP contribution in [0.25, 0.3) is 0 Å². The lowest BCUT2D eigenvalue weighted by Gasteiger charge is -2.39. The van der Waals surface area contributed by atoms with E-state index in [1.54, 1.807) is 0 Å². The second kappa shape index (κ2) is 6.18. The number of hydrogen-bond donors (Lipinski definition) is 1. The fourth-order valence-corrected chi connectivity index (χ4v) is 2.37. The number of hydrogen-bond acceptors (Lipinski definition) is 2. The number of rotatable bonds is 7. The molecule has 16 heavy (non-hydrogen) atoms. The maximum Gasteiger partial charge on any atom is 0.224 e. The first-order valence-electron chi connectivity index (χ1n) is 5.79. The van der Waals surface area contributed by atoms with Crippen LogP contribution in [0.2, 0.25) is 5.82 Å². The van der Waals surface area contributed by atoms with Gasteiger partial charge in [0.2, 0.25) is 7.12 Å². The van der Waals surface area contributed by atoms with Crippen LogP contribution in [0.4, 0.5) is 0 Å². The minimum absolute atomic E-state index is 0.171. The van der Waals surface area contributed by atoms with E-state index in [-0.39, 0.29) is 5.92 Å². The molecule has 0 saturated carbocycles. The lowest BCUT2D eigenvalue weighted by molar-refractivity contribution is 0.407. The van der Waals surface area contributed by atoms with Crippen molar-refractivity contribution in [1.82, 2.24) is 0 Å². The highest BCUT2D eigenvalue weighted by molar-refractivity contribution is 8.15. The highest BCUT2D eigenvalue weighted by atomic mass is 32.2. The number of unbranched alkanes of at least 4 members (excludes halogenated alkanes) is 1. The first-order valence-corrected chi connectivity index (χ1v) is 7.41. The minimum Gasteiger partial charge on any atom is -0.263 e. The van der Waals surface area contributed by atoms with Gasteiger partial charge in [0.05, 0.1) is 15.7 Å². The third-order valence-electron chi connectivity index (χ3n) is 3.28. The zero-order valence-corrected chi connectivity index (χ0v) is 11.3. The standard InChI is InChI=1S/C10H20B3NOS/c1-4-6-7-8(5-2)9(11)10(3,12)16(13,14)15/h8-9,14H,4-7H2,1-3H3. The van der Waals surface area contributed by atoms with Gasteiger partial charge in [0.15, 0.2) is 0 Å². The van der Waals surface area contributed by atoms with Crippen LogP contribution in [0, 0.1) is 10.7 Å². The Kier molecular flexibility index (Phi) is 6.23. The van der Waals surface area contributed by atoms with Gasteiger partial charge in [0.1, 0.15) is 0 Å². The zero-order chi connectivity index (χ0) is 13.0. The lowest BCUT2D eigenvalue weighted by atomic mass is 9.59. The van der Waals surface area contributed by atoms with Gasteiger partial charge < -0.3 is 0 Å². The van der Waals surface area contributed by atoms with Crippen LogP contribution in [0.3, 0.4) is 0 Å². The van der Waals surface area contributed by atoms with Crippen LogP contribution < -0.4 is 0 Å². The van der Waals surface area contributed by atoms with E-state index in [1.165, 1.54) is 6.92 Å². The second-order valence-electron chi connectivity index (χ2n) is 4.62. The van der Waals surface area contributed by atoms with Crippen LogP contribution >= 0.6 is 0 Å². The van der Waals surface area contributed by atoms with Crippen molar-refractivity contribution < 1.29 is 4.21 Å². The van der Waals surface area contributed by atoms with E-state index in [0.29, 0.717) is 0 Å². The molecule has 86 valence electrons. The predicted molar refractivity (Wildman–Crippen MR) is 73.6 cm³/mol. The van der Waals surface area contributed by atoms with Crippen molar-refractivity contribution in [1.29, 1.82) is 4.78 Å². The van der Waals surface area contributed by atoms with Crippen molar-refractivity contribution >= 4 is 32.4 Å². The van der Waals surface area contributed by atoms with Gasteiger partial charge in [-0.05, 0) is 20.1 Å². The highest BCUT2D eigenvalue weighted by Gasteiger charge is 2.35. The van der Waals surface area contributed by atoms with Crippen molar-refractivity contribution in [2.75, 3.05) is 0 Å². The summed E-state index contributed by atoms with van der Waals surface area (Å²) in [5, 5.41) is 0. The molecule has 4 atom stereocenters. The Morgan fingerprint density at radius 3 is 2.25 bits per heavy atom. The van der Waals surface area contributed by atoms with Gasteiger partial charge in [-0.1, -0.05) is 52.3 Å². The van der Waals surface area contributed by atoms with Gasteiger partial charge in [0, 0.05) is 0 Å². The van der Waals surface area contributed by atoms with Crippen LogP contribution in [-0.4, -0.2) is 31.7 Å². The maximum atomic E-state index is 11.6. The molecule has 0 fully saturated rings. The van der Waals surface area contributed by atoms with Crippen molar-refractivity contribution in [3.8, 4) is 0 Å². The summed E-state index contributed by atoms with van der Waals surface area (Å²) in [4.78, 5) is 0. The largest absolute Gasteiger partial charge is 0.263 e. The molecule has 0 bridgehead atoms. The van der Waals surface area contributed by atoms with Crippen molar-refractivity contribution in [3.63, 3.8) is 0 Å². The molecule has 0 aromatic rings. The maximum absolute atomic E-state index is 11.6. The van der Waals surface area contributed by atoms with E-state index in [1.807, 2.05) is 6.92 Å². The summed E-state index contributed by atoms with van der Waals surface area (Å²) in [7, 11) is 13.9. The minimum atomic E-state index is -3.33. The first kappa shape index (κ1) is 16.1. The molecule has 1 N–H and O–H groups in total. The Bertz CT molecular complexity index is 303. The molecule has 0 saturated heterocycles. The summed E-state index contributed by atoms with van der Waals surface area (Å²) >= 11 is 0. The SMILES string of the molecule is [B]C(C(CC)CCCC)C([B])(C)S([B])(=N)=O. The van der Waals surface area contributed by atoms with Gasteiger partial charge in [-0.15, -0.1) is 0 Å². The predicted octanol–water partition coefficient (Wildman–Crippen LogP) is 2.17. The summed E-state index contributed by atoms with van der Waals surface area (Å²) in [5.41, 5.74) is 0. The van der Waals surface area contributed by atoms with Crippen LogP contribution in [-0.2, 0) is 9.58 Å². The molecule has 6 radical (unpaired) electrons. The molecule has 0 aliphatic carbocycles. The molecular formula is C10H20B3NOS. The Balaban J connectivity index is 4.80. The Morgan fingerprint density at radius 2 is 1.94 bits per heavy atom. The third kappa shape index (κ3) is 3.87. The molecule has 0 aliphatic rings. The first-order chi connectivity index (χ1) is 7.18. The Labute approximate surface area is 104 Å². The molecule has 6 heteroatoms. The monoisotopic (exact) mass is 235 g/mol. The fraction of sp³-hybridized carbons (Fsp3) is 1.00. The summed E-state index contributed by atoms with van der Waals surface area (Å²) in [6, 6.07) is 0. The van der Waals surface area contributed by atoms with E-state index in [2.05, 4.69) is 6.92 Å². The summed E-state index contributed by atoms with van der Waals surface area (Å²) in [6.07, 6.45) is 3.95. The average molecular weight is 235 g/mol. The van der Waals surface area contributed by atoms with Gasteiger partial charge >= 0.3 is 0 Å². The van der Waals surface area contributed by atoms with Crippen molar-refractivity contribution in [3.05, 3.63) is 0 Å². The van der Waals surface area contributed by atoms with E-state index in [9.17, 15) is 4.21 Å². The quantitative estimate of drug-likeness (QED) is 0.674. The molecule has 0 amide bonds. The molecular weight excluding hydrogens is 215 g/mol. The van der Waals surface area contributed by atoms with Crippen LogP contribution in [0.15, 0.2) is 0 Å². The Hall–Kier alpha value is 0.145. The molecule has 4 unspecified atom stereocenters. The molecule has 0 rings (SSSR count). The zero-order valence-electron chi connectivity index (χ0n) is 10.5. The molecule has 0 heterocycles. The lowest BCUT2D eigenvalue weighted by Crippen LogP contribution is -2.42. The van der Waals surface area contributed by atoms with E-state index in [4.69, 9.17) is 27.6 Å². The van der Waals surface area contributed by atoms with E-state index in [0.717, 1.165) is 25.7 Å². The fourth-order valence-electron chi connectivity index (χ4n) is 1.77. The molecule has 2 nitrogen and oxygen atoms in total. The van der Waals surface area contributed by atoms with Gasteiger partial charge in [0.25, 0.3) is 0 Å². The average Bonchev–Trinajstić information content (AvgIpc) is 2.16. The highest BCUT2D eigenvalue weighted by Crippen LogP contribution is 2.36. The summed E-state index contributed by atoms with van der Waals surface area (Å²) in [5.74, 6) is -0.330. The molecule has 0 aromatic carbocycles. The van der Waals surface area contributed by atoms with Gasteiger partial charge in [-0.25, -0.2) is 0 Å². The van der Waals surface area contributed by atoms with Crippen molar-refractivity contribution in [2.45, 2.75) is 56.9 Å². The normalized spacial score (nSPS) is 22.9. The topological polar surface area (TPSA) is 40.9 Å². The molecule has 0 aromatic heterocycles. The van der Waals surface area contributed by atoms with Crippen LogP contribution in [0.5, 0.6) is 0 Å². The van der Waals surface area contributed by atoms with E-state index >= 15 is 0 Å². The Morgan fingerprint density at radius 1 is 1.44 bits per heavy atom. The van der Waals surface area contributed by atoms with E-state index < -0.39 is 20.0 Å².